The van der Waals surface area contributed by atoms with Crippen molar-refractivity contribution in [1.29, 1.82) is 0 Å². The molecule has 0 fully saturated rings. The quantitative estimate of drug-likeness (QED) is 0.316. The van der Waals surface area contributed by atoms with E-state index in [1.54, 1.807) is 56.9 Å². The summed E-state index contributed by atoms with van der Waals surface area (Å²) in [5.74, 6) is 1.40. The van der Waals surface area contributed by atoms with Crippen LogP contribution < -0.4 is 19.5 Å². The van der Waals surface area contributed by atoms with Gasteiger partial charge in [-0.05, 0) is 12.1 Å². The number of Topliss-reactive ketones (excluding diaryl/α,β-unsaturated/α-hetero) is 1. The molecule has 0 aliphatic heterocycles. The van der Waals surface area contributed by atoms with Gasteiger partial charge in [0.1, 0.15) is 24.1 Å². The number of aliphatic hydroxyl groups excluding tert-OH is 1. The van der Waals surface area contributed by atoms with Crippen molar-refractivity contribution in [3.8, 4) is 17.4 Å². The van der Waals surface area contributed by atoms with Gasteiger partial charge < -0.3 is 29.6 Å². The third-order valence-electron chi connectivity index (χ3n) is 5.21. The standard InChI is InChI=1S/C25H25N3O5/c1-31-18-11-17(12-19(13-18)33-10-9-29)28-24(16-7-8-23(32-2)27-14-16)25(30)21-15-26-22-6-4-3-5-20(21)22/h3-8,11-15,24,26,28-29H,9-10H2,1-2H3. The third kappa shape index (κ3) is 4.91. The summed E-state index contributed by atoms with van der Waals surface area (Å²) in [7, 11) is 3.09. The summed E-state index contributed by atoms with van der Waals surface area (Å²) in [6.45, 7) is 0.0336. The SMILES string of the molecule is COc1cc(NC(C(=O)c2c[nH]c3ccccc23)c2ccc(OC)nc2)cc(OCCO)c1. The Labute approximate surface area is 191 Å². The van der Waals surface area contributed by atoms with Crippen LogP contribution in [0.1, 0.15) is 22.0 Å². The van der Waals surface area contributed by atoms with Crippen molar-refractivity contribution in [2.24, 2.45) is 0 Å². The van der Waals surface area contributed by atoms with Gasteiger partial charge in [0.2, 0.25) is 5.88 Å². The van der Waals surface area contributed by atoms with Crippen molar-refractivity contribution in [1.82, 2.24) is 9.97 Å². The molecule has 1 atom stereocenters. The first-order valence-electron chi connectivity index (χ1n) is 10.4. The number of nitrogens with zero attached hydrogens (tertiary/aromatic N) is 1. The van der Waals surface area contributed by atoms with Gasteiger partial charge in [0, 0.05) is 64.4 Å². The minimum Gasteiger partial charge on any atom is -0.497 e. The molecule has 0 bridgehead atoms. The fourth-order valence-electron chi connectivity index (χ4n) is 3.60. The molecule has 2 heterocycles. The molecule has 0 saturated carbocycles. The van der Waals surface area contributed by atoms with Gasteiger partial charge in [-0.1, -0.05) is 18.2 Å². The van der Waals surface area contributed by atoms with Gasteiger partial charge in [-0.25, -0.2) is 4.98 Å². The van der Waals surface area contributed by atoms with E-state index >= 15 is 0 Å². The number of ketones is 1. The van der Waals surface area contributed by atoms with Crippen LogP contribution in [0.15, 0.2) is 67.0 Å². The molecule has 170 valence electrons. The molecular weight excluding hydrogens is 422 g/mol. The first-order valence-corrected chi connectivity index (χ1v) is 10.4. The highest BCUT2D eigenvalue weighted by Crippen LogP contribution is 2.32. The Hall–Kier alpha value is -4.04. The number of ether oxygens (including phenoxy) is 3. The van der Waals surface area contributed by atoms with Crippen molar-refractivity contribution in [2.75, 3.05) is 32.8 Å². The minimum absolute atomic E-state index is 0.112. The number of carbonyl (C=O) groups is 1. The first kappa shape index (κ1) is 22.2. The van der Waals surface area contributed by atoms with E-state index in [9.17, 15) is 4.79 Å². The molecular formula is C25H25N3O5. The van der Waals surface area contributed by atoms with Crippen LogP contribution in [-0.2, 0) is 0 Å². The molecule has 8 nitrogen and oxygen atoms in total. The van der Waals surface area contributed by atoms with Crippen LogP contribution >= 0.6 is 0 Å². The number of rotatable bonds is 10. The molecule has 0 amide bonds. The highest BCUT2D eigenvalue weighted by atomic mass is 16.5. The number of aromatic nitrogens is 2. The predicted molar refractivity (Wildman–Crippen MR) is 125 cm³/mol. The molecule has 2 aromatic carbocycles. The number of nitrogens with one attached hydrogen (secondary N) is 2. The molecule has 0 saturated heterocycles. The van der Waals surface area contributed by atoms with Crippen LogP contribution in [0.2, 0.25) is 0 Å². The Morgan fingerprint density at radius 1 is 1.09 bits per heavy atom. The monoisotopic (exact) mass is 447 g/mol. The van der Waals surface area contributed by atoms with Crippen LogP contribution in [0.4, 0.5) is 5.69 Å². The molecule has 0 radical (unpaired) electrons. The smallest absolute Gasteiger partial charge is 0.212 e. The Bertz CT molecular complexity index is 1240. The van der Waals surface area contributed by atoms with E-state index in [1.807, 2.05) is 24.3 Å². The summed E-state index contributed by atoms with van der Waals surface area (Å²) < 4.78 is 16.1. The Morgan fingerprint density at radius 2 is 1.91 bits per heavy atom. The summed E-state index contributed by atoms with van der Waals surface area (Å²) in [4.78, 5) is 21.2. The number of carbonyl (C=O) groups excluding carboxylic acids is 1. The second-order valence-corrected chi connectivity index (χ2v) is 7.29. The average Bonchev–Trinajstić information content (AvgIpc) is 3.30. The molecule has 3 N–H and O–H groups in total. The van der Waals surface area contributed by atoms with Crippen molar-refractivity contribution < 1.29 is 24.1 Å². The van der Waals surface area contributed by atoms with Crippen LogP contribution in [0.5, 0.6) is 17.4 Å². The van der Waals surface area contributed by atoms with Crippen molar-refractivity contribution >= 4 is 22.4 Å². The average molecular weight is 447 g/mol. The van der Waals surface area contributed by atoms with Crippen LogP contribution in [0, 0.1) is 0 Å². The number of pyridine rings is 1. The lowest BCUT2D eigenvalue weighted by molar-refractivity contribution is 0.0971. The summed E-state index contributed by atoms with van der Waals surface area (Å²) in [6, 6.07) is 15.7. The molecule has 4 aromatic rings. The van der Waals surface area contributed by atoms with E-state index in [1.165, 1.54) is 0 Å². The lowest BCUT2D eigenvalue weighted by Gasteiger charge is -2.20. The zero-order valence-corrected chi connectivity index (χ0v) is 18.4. The van der Waals surface area contributed by atoms with Crippen molar-refractivity contribution in [2.45, 2.75) is 6.04 Å². The van der Waals surface area contributed by atoms with Crippen LogP contribution in [0.25, 0.3) is 10.9 Å². The third-order valence-corrected chi connectivity index (χ3v) is 5.21. The van der Waals surface area contributed by atoms with Gasteiger partial charge in [-0.15, -0.1) is 0 Å². The van der Waals surface area contributed by atoms with E-state index in [0.29, 0.717) is 34.2 Å². The maximum atomic E-state index is 13.8. The van der Waals surface area contributed by atoms with Gasteiger partial charge in [0.25, 0.3) is 0 Å². The van der Waals surface area contributed by atoms with Crippen LogP contribution in [0.3, 0.4) is 0 Å². The van der Waals surface area contributed by atoms with Crippen molar-refractivity contribution in [3.05, 3.63) is 78.1 Å². The lowest BCUT2D eigenvalue weighted by atomic mass is 9.97. The van der Waals surface area contributed by atoms with E-state index in [-0.39, 0.29) is 19.0 Å². The van der Waals surface area contributed by atoms with Gasteiger partial charge >= 0.3 is 0 Å². The van der Waals surface area contributed by atoms with Gasteiger partial charge in [0.05, 0.1) is 20.8 Å². The highest BCUT2D eigenvalue weighted by molar-refractivity contribution is 6.11. The molecule has 0 aliphatic carbocycles. The van der Waals surface area contributed by atoms with Gasteiger partial charge in [0.15, 0.2) is 5.78 Å². The fourth-order valence-corrected chi connectivity index (χ4v) is 3.60. The number of aromatic amines is 1. The number of anilines is 1. The number of aliphatic hydroxyl groups is 1. The van der Waals surface area contributed by atoms with Gasteiger partial charge in [-0.3, -0.25) is 4.79 Å². The van der Waals surface area contributed by atoms with Gasteiger partial charge in [-0.2, -0.15) is 0 Å². The van der Waals surface area contributed by atoms with E-state index in [0.717, 1.165) is 10.9 Å². The zero-order valence-electron chi connectivity index (χ0n) is 18.4. The molecule has 0 spiro atoms. The number of hydrogen-bond donors (Lipinski definition) is 3. The summed E-state index contributed by atoms with van der Waals surface area (Å²) in [5, 5.41) is 13.2. The van der Waals surface area contributed by atoms with Crippen molar-refractivity contribution in [3.63, 3.8) is 0 Å². The highest BCUT2D eigenvalue weighted by Gasteiger charge is 2.25. The van der Waals surface area contributed by atoms with Crippen LogP contribution in [-0.4, -0.2) is 48.3 Å². The van der Waals surface area contributed by atoms with E-state index < -0.39 is 6.04 Å². The topological polar surface area (TPSA) is 106 Å². The second kappa shape index (κ2) is 10.1. The number of H-pyrrole nitrogens is 1. The summed E-state index contributed by atoms with van der Waals surface area (Å²) in [5.41, 5.74) is 2.75. The van der Waals surface area contributed by atoms with E-state index in [4.69, 9.17) is 19.3 Å². The maximum Gasteiger partial charge on any atom is 0.212 e. The molecule has 4 rings (SSSR count). The normalized spacial score (nSPS) is 11.7. The number of benzene rings is 2. The predicted octanol–water partition coefficient (Wildman–Crippen LogP) is 3.99. The molecule has 0 aliphatic rings. The Balaban J connectivity index is 1.74. The molecule has 33 heavy (non-hydrogen) atoms. The molecule has 1 unspecified atom stereocenters. The second-order valence-electron chi connectivity index (χ2n) is 7.29. The summed E-state index contributed by atoms with van der Waals surface area (Å²) >= 11 is 0. The number of hydrogen-bond acceptors (Lipinski definition) is 7. The lowest BCUT2D eigenvalue weighted by Crippen LogP contribution is -2.21. The number of para-hydroxylation sites is 1. The maximum absolute atomic E-state index is 13.8. The summed E-state index contributed by atoms with van der Waals surface area (Å²) in [6.07, 6.45) is 3.34. The Kier molecular flexibility index (Phi) is 6.75. The van der Waals surface area contributed by atoms with E-state index in [2.05, 4.69) is 15.3 Å². The first-order chi connectivity index (χ1) is 16.1. The molecule has 8 heteroatoms. The largest absolute Gasteiger partial charge is 0.497 e. The zero-order chi connectivity index (χ0) is 23.2. The number of methoxy groups -OCH3 is 2. The minimum atomic E-state index is -0.736. The number of fused-ring (bicyclic) bond motifs is 1. The fraction of sp³-hybridized carbons (Fsp3) is 0.200. The molecule has 2 aromatic heterocycles. The Morgan fingerprint density at radius 3 is 2.64 bits per heavy atom.